The minimum atomic E-state index is -0.267. The van der Waals surface area contributed by atoms with E-state index in [0.717, 1.165) is 10.9 Å². The van der Waals surface area contributed by atoms with Gasteiger partial charge in [-0.05, 0) is 18.2 Å². The summed E-state index contributed by atoms with van der Waals surface area (Å²) in [5, 5.41) is 6.08. The van der Waals surface area contributed by atoms with Gasteiger partial charge in [-0.2, -0.15) is 0 Å². The number of hydrogen-bond donors (Lipinski definition) is 3. The molecule has 2 aromatic rings. The van der Waals surface area contributed by atoms with Crippen LogP contribution in [0.15, 0.2) is 30.5 Å². The molecule has 0 aliphatic carbocycles. The Balaban J connectivity index is 1.92. The Morgan fingerprint density at radius 2 is 2.10 bits per heavy atom. The van der Waals surface area contributed by atoms with Gasteiger partial charge in [0.05, 0.1) is 13.2 Å². The fourth-order valence-electron chi connectivity index (χ4n) is 1.89. The van der Waals surface area contributed by atoms with Crippen molar-refractivity contribution in [2.24, 2.45) is 0 Å². The molecule has 2 amide bonds. The summed E-state index contributed by atoms with van der Waals surface area (Å²) in [5.74, 6) is -0.506. The lowest BCUT2D eigenvalue weighted by atomic mass is 10.1. The number of methoxy groups -OCH3 is 1. The van der Waals surface area contributed by atoms with E-state index in [1.165, 1.54) is 0 Å². The van der Waals surface area contributed by atoms with Crippen molar-refractivity contribution in [3.05, 3.63) is 36.0 Å². The van der Waals surface area contributed by atoms with Gasteiger partial charge in [0.1, 0.15) is 0 Å². The number of ether oxygens (including phenoxy) is 1. The van der Waals surface area contributed by atoms with Crippen LogP contribution in [0.1, 0.15) is 10.4 Å². The van der Waals surface area contributed by atoms with Crippen LogP contribution in [0, 0.1) is 0 Å². The number of nitrogens with one attached hydrogen (secondary N) is 3. The summed E-state index contributed by atoms with van der Waals surface area (Å²) in [6, 6.07) is 7.26. The minimum absolute atomic E-state index is 0.0522. The molecule has 1 aromatic heterocycles. The summed E-state index contributed by atoms with van der Waals surface area (Å²) in [6.45, 7) is 0.824. The zero-order chi connectivity index (χ0) is 14.4. The van der Waals surface area contributed by atoms with E-state index in [-0.39, 0.29) is 18.4 Å². The topological polar surface area (TPSA) is 83.2 Å². The molecule has 0 unspecified atom stereocenters. The first-order valence-corrected chi connectivity index (χ1v) is 6.32. The maximum atomic E-state index is 12.1. The van der Waals surface area contributed by atoms with Gasteiger partial charge in [0, 0.05) is 36.3 Å². The van der Waals surface area contributed by atoms with E-state index in [1.54, 1.807) is 25.4 Å². The molecule has 106 valence electrons. The van der Waals surface area contributed by atoms with Crippen molar-refractivity contribution < 1.29 is 14.3 Å². The Labute approximate surface area is 116 Å². The summed E-state index contributed by atoms with van der Waals surface area (Å²) in [7, 11) is 1.56. The monoisotopic (exact) mass is 275 g/mol. The lowest BCUT2D eigenvalue weighted by Crippen LogP contribution is -2.38. The highest BCUT2D eigenvalue weighted by molar-refractivity contribution is 6.07. The minimum Gasteiger partial charge on any atom is -0.383 e. The van der Waals surface area contributed by atoms with E-state index in [2.05, 4.69) is 15.6 Å². The Hall–Kier alpha value is -2.34. The van der Waals surface area contributed by atoms with Crippen molar-refractivity contribution in [1.29, 1.82) is 0 Å². The SMILES string of the molecule is COCCNC(=O)CNC(=O)c1cccc2[nH]ccc12. The van der Waals surface area contributed by atoms with Gasteiger partial charge in [-0.15, -0.1) is 0 Å². The van der Waals surface area contributed by atoms with E-state index in [4.69, 9.17) is 4.74 Å². The summed E-state index contributed by atoms with van der Waals surface area (Å²) >= 11 is 0. The number of carbonyl (C=O) groups excluding carboxylic acids is 2. The van der Waals surface area contributed by atoms with E-state index >= 15 is 0 Å². The van der Waals surface area contributed by atoms with Crippen LogP contribution < -0.4 is 10.6 Å². The molecule has 0 radical (unpaired) electrons. The quantitative estimate of drug-likeness (QED) is 0.677. The number of carbonyl (C=O) groups is 2. The van der Waals surface area contributed by atoms with Crippen molar-refractivity contribution in [2.45, 2.75) is 0 Å². The lowest BCUT2D eigenvalue weighted by molar-refractivity contribution is -0.120. The number of aromatic nitrogens is 1. The van der Waals surface area contributed by atoms with Gasteiger partial charge in [-0.3, -0.25) is 9.59 Å². The van der Waals surface area contributed by atoms with Crippen molar-refractivity contribution in [3.8, 4) is 0 Å². The normalized spacial score (nSPS) is 10.4. The molecule has 6 heteroatoms. The van der Waals surface area contributed by atoms with Crippen LogP contribution in [-0.4, -0.2) is 43.6 Å². The third-order valence-corrected chi connectivity index (χ3v) is 2.88. The van der Waals surface area contributed by atoms with Gasteiger partial charge in [-0.25, -0.2) is 0 Å². The van der Waals surface area contributed by atoms with Gasteiger partial charge in [-0.1, -0.05) is 6.07 Å². The molecule has 0 aliphatic rings. The van der Waals surface area contributed by atoms with Crippen molar-refractivity contribution in [1.82, 2.24) is 15.6 Å². The molecule has 0 aliphatic heterocycles. The molecule has 1 heterocycles. The molecule has 0 bridgehead atoms. The molecule has 0 saturated carbocycles. The third kappa shape index (κ3) is 3.36. The molecular weight excluding hydrogens is 258 g/mol. The van der Waals surface area contributed by atoms with Gasteiger partial charge < -0.3 is 20.4 Å². The van der Waals surface area contributed by atoms with Crippen LogP contribution in [0.2, 0.25) is 0 Å². The Kier molecular flexibility index (Phi) is 4.73. The largest absolute Gasteiger partial charge is 0.383 e. The molecular formula is C14H17N3O3. The summed E-state index contributed by atoms with van der Waals surface area (Å²) < 4.78 is 4.82. The van der Waals surface area contributed by atoms with E-state index in [1.807, 2.05) is 12.1 Å². The average molecular weight is 275 g/mol. The molecule has 0 spiro atoms. The highest BCUT2D eigenvalue weighted by atomic mass is 16.5. The zero-order valence-electron chi connectivity index (χ0n) is 11.2. The standard InChI is InChI=1S/C14H17N3O3/c1-20-8-7-16-13(18)9-17-14(19)11-3-2-4-12-10(11)5-6-15-12/h2-6,15H,7-9H2,1H3,(H,16,18)(H,17,19). The highest BCUT2D eigenvalue weighted by Crippen LogP contribution is 2.16. The van der Waals surface area contributed by atoms with Gasteiger partial charge in [0.2, 0.25) is 5.91 Å². The molecule has 0 fully saturated rings. The van der Waals surface area contributed by atoms with E-state index in [0.29, 0.717) is 18.7 Å². The fraction of sp³-hybridized carbons (Fsp3) is 0.286. The zero-order valence-corrected chi connectivity index (χ0v) is 11.2. The summed E-state index contributed by atoms with van der Waals surface area (Å²) in [5.41, 5.74) is 1.44. The second-order valence-corrected chi connectivity index (χ2v) is 4.27. The lowest BCUT2D eigenvalue weighted by Gasteiger charge is -2.07. The Morgan fingerprint density at radius 3 is 2.90 bits per heavy atom. The van der Waals surface area contributed by atoms with Gasteiger partial charge in [0.25, 0.3) is 5.91 Å². The number of hydrogen-bond acceptors (Lipinski definition) is 3. The number of benzene rings is 1. The van der Waals surface area contributed by atoms with Crippen molar-refractivity contribution >= 4 is 22.7 Å². The van der Waals surface area contributed by atoms with E-state index < -0.39 is 0 Å². The first kappa shape index (κ1) is 14.1. The average Bonchev–Trinajstić information content (AvgIpc) is 2.93. The van der Waals surface area contributed by atoms with Crippen LogP contribution in [0.4, 0.5) is 0 Å². The predicted molar refractivity (Wildman–Crippen MR) is 75.5 cm³/mol. The van der Waals surface area contributed by atoms with Crippen molar-refractivity contribution in [3.63, 3.8) is 0 Å². The highest BCUT2D eigenvalue weighted by Gasteiger charge is 2.11. The Morgan fingerprint density at radius 1 is 1.25 bits per heavy atom. The van der Waals surface area contributed by atoms with Crippen LogP contribution in [0.5, 0.6) is 0 Å². The second kappa shape index (κ2) is 6.72. The third-order valence-electron chi connectivity index (χ3n) is 2.88. The maximum Gasteiger partial charge on any atom is 0.252 e. The molecule has 3 N–H and O–H groups in total. The molecule has 20 heavy (non-hydrogen) atoms. The summed E-state index contributed by atoms with van der Waals surface area (Å²) in [4.78, 5) is 26.6. The number of fused-ring (bicyclic) bond motifs is 1. The fourth-order valence-corrected chi connectivity index (χ4v) is 1.89. The molecule has 0 saturated heterocycles. The van der Waals surface area contributed by atoms with Crippen LogP contribution in [0.3, 0.4) is 0 Å². The molecule has 1 aromatic carbocycles. The smallest absolute Gasteiger partial charge is 0.252 e. The summed E-state index contributed by atoms with van der Waals surface area (Å²) in [6.07, 6.45) is 1.78. The van der Waals surface area contributed by atoms with Crippen molar-refractivity contribution in [2.75, 3.05) is 26.8 Å². The maximum absolute atomic E-state index is 12.1. The van der Waals surface area contributed by atoms with E-state index in [9.17, 15) is 9.59 Å². The number of amides is 2. The molecule has 6 nitrogen and oxygen atoms in total. The first-order valence-electron chi connectivity index (χ1n) is 6.32. The molecule has 0 atom stereocenters. The number of rotatable bonds is 6. The van der Waals surface area contributed by atoms with Crippen LogP contribution in [-0.2, 0) is 9.53 Å². The second-order valence-electron chi connectivity index (χ2n) is 4.27. The number of H-pyrrole nitrogens is 1. The Bertz CT molecular complexity index is 606. The van der Waals surface area contributed by atoms with Crippen LogP contribution >= 0.6 is 0 Å². The van der Waals surface area contributed by atoms with Gasteiger partial charge >= 0.3 is 0 Å². The molecule has 2 rings (SSSR count). The predicted octanol–water partition coefficient (Wildman–Crippen LogP) is 0.660. The first-order chi connectivity index (χ1) is 9.72. The number of aromatic amines is 1. The van der Waals surface area contributed by atoms with Gasteiger partial charge in [0.15, 0.2) is 0 Å². The van der Waals surface area contributed by atoms with Crippen LogP contribution in [0.25, 0.3) is 10.9 Å².